The second kappa shape index (κ2) is 6.33. The molecular weight excluding hydrogens is 350 g/mol. The standard InChI is InChI=1S/C16H16ClN3O3S/c1-24(22,23)20-9-8-11-6-7-12(10-15(11)20)18-16(21)19-14-5-3-2-4-13(14)17/h2-7,10H,8-9H2,1H3,(H2,18,19,21). The van der Waals surface area contributed by atoms with Crippen molar-refractivity contribution >= 4 is 44.7 Å². The van der Waals surface area contributed by atoms with Crippen LogP contribution in [0.25, 0.3) is 0 Å². The first-order valence-corrected chi connectivity index (χ1v) is 9.50. The van der Waals surface area contributed by atoms with Crippen LogP contribution in [0.3, 0.4) is 0 Å². The summed E-state index contributed by atoms with van der Waals surface area (Å²) in [5.41, 5.74) is 2.55. The van der Waals surface area contributed by atoms with Gasteiger partial charge in [0, 0.05) is 12.2 Å². The van der Waals surface area contributed by atoms with Crippen molar-refractivity contribution in [2.45, 2.75) is 6.42 Å². The molecule has 0 aliphatic carbocycles. The quantitative estimate of drug-likeness (QED) is 0.875. The topological polar surface area (TPSA) is 78.5 Å². The van der Waals surface area contributed by atoms with Gasteiger partial charge in [0.1, 0.15) is 0 Å². The fourth-order valence-electron chi connectivity index (χ4n) is 2.62. The average Bonchev–Trinajstić information content (AvgIpc) is 2.93. The Hall–Kier alpha value is -2.25. The van der Waals surface area contributed by atoms with E-state index in [0.29, 0.717) is 35.1 Å². The summed E-state index contributed by atoms with van der Waals surface area (Å²) in [6.45, 7) is 0.420. The third kappa shape index (κ3) is 3.47. The third-order valence-corrected chi connectivity index (χ3v) is 5.23. The number of fused-ring (bicyclic) bond motifs is 1. The second-order valence-electron chi connectivity index (χ2n) is 5.49. The van der Waals surface area contributed by atoms with Crippen molar-refractivity contribution in [2.75, 3.05) is 27.7 Å². The molecule has 0 saturated heterocycles. The van der Waals surface area contributed by atoms with Gasteiger partial charge < -0.3 is 10.6 Å². The number of para-hydroxylation sites is 1. The number of rotatable bonds is 3. The van der Waals surface area contributed by atoms with E-state index >= 15 is 0 Å². The molecule has 2 aromatic rings. The van der Waals surface area contributed by atoms with Gasteiger partial charge in [-0.05, 0) is 36.2 Å². The highest BCUT2D eigenvalue weighted by Gasteiger charge is 2.26. The summed E-state index contributed by atoms with van der Waals surface area (Å²) in [6, 6.07) is 11.7. The van der Waals surface area contributed by atoms with Gasteiger partial charge in [-0.3, -0.25) is 4.31 Å². The Morgan fingerprint density at radius 3 is 2.62 bits per heavy atom. The molecule has 0 bridgehead atoms. The molecular formula is C16H16ClN3O3S. The van der Waals surface area contributed by atoms with Crippen LogP contribution in [-0.2, 0) is 16.4 Å². The van der Waals surface area contributed by atoms with Crippen molar-refractivity contribution in [2.24, 2.45) is 0 Å². The molecule has 0 unspecified atom stereocenters. The van der Waals surface area contributed by atoms with Gasteiger partial charge in [-0.15, -0.1) is 0 Å². The molecule has 1 aliphatic rings. The number of anilines is 3. The molecule has 0 spiro atoms. The number of carbonyl (C=O) groups is 1. The number of benzene rings is 2. The predicted octanol–water partition coefficient (Wildman–Crippen LogP) is 3.31. The Kier molecular flexibility index (Phi) is 4.38. The Morgan fingerprint density at radius 2 is 1.92 bits per heavy atom. The second-order valence-corrected chi connectivity index (χ2v) is 7.80. The highest BCUT2D eigenvalue weighted by Crippen LogP contribution is 2.32. The summed E-state index contributed by atoms with van der Waals surface area (Å²) in [6.07, 6.45) is 1.83. The summed E-state index contributed by atoms with van der Waals surface area (Å²) in [5.74, 6) is 0. The van der Waals surface area contributed by atoms with E-state index in [-0.39, 0.29) is 0 Å². The van der Waals surface area contributed by atoms with Gasteiger partial charge in [-0.1, -0.05) is 29.8 Å². The lowest BCUT2D eigenvalue weighted by Gasteiger charge is -2.17. The van der Waals surface area contributed by atoms with E-state index in [1.807, 2.05) is 6.07 Å². The van der Waals surface area contributed by atoms with E-state index in [9.17, 15) is 13.2 Å². The molecule has 126 valence electrons. The van der Waals surface area contributed by atoms with Crippen LogP contribution in [0.4, 0.5) is 21.9 Å². The molecule has 24 heavy (non-hydrogen) atoms. The SMILES string of the molecule is CS(=O)(=O)N1CCc2ccc(NC(=O)Nc3ccccc3Cl)cc21. The molecule has 8 heteroatoms. The monoisotopic (exact) mass is 365 g/mol. The number of nitrogens with zero attached hydrogens (tertiary/aromatic N) is 1. The highest BCUT2D eigenvalue weighted by molar-refractivity contribution is 7.92. The fraction of sp³-hybridized carbons (Fsp3) is 0.188. The molecule has 2 N–H and O–H groups in total. The van der Waals surface area contributed by atoms with E-state index < -0.39 is 16.1 Å². The number of sulfonamides is 1. The zero-order chi connectivity index (χ0) is 17.3. The van der Waals surface area contributed by atoms with Crippen LogP contribution in [0.15, 0.2) is 42.5 Å². The zero-order valence-corrected chi connectivity index (χ0v) is 14.5. The summed E-state index contributed by atoms with van der Waals surface area (Å²) >= 11 is 6.00. The molecule has 6 nitrogen and oxygen atoms in total. The number of carbonyl (C=O) groups excluding carboxylic acids is 1. The number of amides is 2. The van der Waals surface area contributed by atoms with Crippen LogP contribution in [0.5, 0.6) is 0 Å². The van der Waals surface area contributed by atoms with Crippen molar-refractivity contribution in [1.82, 2.24) is 0 Å². The number of halogens is 1. The lowest BCUT2D eigenvalue weighted by Crippen LogP contribution is -2.27. The van der Waals surface area contributed by atoms with Gasteiger partial charge >= 0.3 is 6.03 Å². The molecule has 3 rings (SSSR count). The molecule has 1 heterocycles. The van der Waals surface area contributed by atoms with Crippen LogP contribution in [0.2, 0.25) is 5.02 Å². The number of hydrogen-bond acceptors (Lipinski definition) is 3. The minimum Gasteiger partial charge on any atom is -0.308 e. The third-order valence-electron chi connectivity index (χ3n) is 3.72. The predicted molar refractivity (Wildman–Crippen MR) is 96.4 cm³/mol. The van der Waals surface area contributed by atoms with Gasteiger partial charge in [0.05, 0.1) is 22.7 Å². The van der Waals surface area contributed by atoms with Crippen molar-refractivity contribution in [1.29, 1.82) is 0 Å². The van der Waals surface area contributed by atoms with Crippen molar-refractivity contribution in [3.05, 3.63) is 53.1 Å². The number of urea groups is 1. The van der Waals surface area contributed by atoms with Gasteiger partial charge in [0.25, 0.3) is 0 Å². The van der Waals surface area contributed by atoms with Crippen LogP contribution in [0, 0.1) is 0 Å². The van der Waals surface area contributed by atoms with Crippen LogP contribution in [0.1, 0.15) is 5.56 Å². The normalized spacial score (nSPS) is 13.5. The van der Waals surface area contributed by atoms with E-state index in [0.717, 1.165) is 5.56 Å². The van der Waals surface area contributed by atoms with Crippen LogP contribution >= 0.6 is 11.6 Å². The molecule has 0 aromatic heterocycles. The molecule has 0 fully saturated rings. The highest BCUT2D eigenvalue weighted by atomic mass is 35.5. The maximum atomic E-state index is 12.1. The van der Waals surface area contributed by atoms with Gasteiger partial charge in [0.2, 0.25) is 10.0 Å². The van der Waals surface area contributed by atoms with Gasteiger partial charge in [-0.2, -0.15) is 0 Å². The van der Waals surface area contributed by atoms with Gasteiger partial charge in [0.15, 0.2) is 0 Å². The minimum absolute atomic E-state index is 0.420. The summed E-state index contributed by atoms with van der Waals surface area (Å²) < 4.78 is 25.0. The lowest BCUT2D eigenvalue weighted by atomic mass is 10.1. The molecule has 2 aromatic carbocycles. The van der Waals surface area contributed by atoms with E-state index in [1.54, 1.807) is 36.4 Å². The maximum Gasteiger partial charge on any atom is 0.323 e. The average molecular weight is 366 g/mol. The Balaban J connectivity index is 1.77. The minimum atomic E-state index is -3.33. The molecule has 1 aliphatic heterocycles. The molecule has 0 radical (unpaired) electrons. The largest absolute Gasteiger partial charge is 0.323 e. The van der Waals surface area contributed by atoms with Crippen LogP contribution in [-0.4, -0.2) is 27.2 Å². The Morgan fingerprint density at radius 1 is 1.17 bits per heavy atom. The van der Waals surface area contributed by atoms with E-state index in [1.165, 1.54) is 10.6 Å². The van der Waals surface area contributed by atoms with E-state index in [2.05, 4.69) is 10.6 Å². The van der Waals surface area contributed by atoms with Crippen LogP contribution < -0.4 is 14.9 Å². The molecule has 0 atom stereocenters. The maximum absolute atomic E-state index is 12.1. The number of nitrogens with one attached hydrogen (secondary N) is 2. The lowest BCUT2D eigenvalue weighted by molar-refractivity contribution is 0.262. The summed E-state index contributed by atoms with van der Waals surface area (Å²) in [4.78, 5) is 12.1. The Bertz CT molecular complexity index is 899. The summed E-state index contributed by atoms with van der Waals surface area (Å²) in [7, 11) is -3.33. The Labute approximate surface area is 145 Å². The van der Waals surface area contributed by atoms with Crippen molar-refractivity contribution in [3.8, 4) is 0 Å². The van der Waals surface area contributed by atoms with E-state index in [4.69, 9.17) is 11.6 Å². The first-order valence-electron chi connectivity index (χ1n) is 7.28. The first-order chi connectivity index (χ1) is 11.3. The fourth-order valence-corrected chi connectivity index (χ4v) is 3.75. The van der Waals surface area contributed by atoms with Crippen molar-refractivity contribution in [3.63, 3.8) is 0 Å². The van der Waals surface area contributed by atoms with Gasteiger partial charge in [-0.25, -0.2) is 13.2 Å². The smallest absolute Gasteiger partial charge is 0.308 e. The van der Waals surface area contributed by atoms with Crippen molar-refractivity contribution < 1.29 is 13.2 Å². The zero-order valence-electron chi connectivity index (χ0n) is 12.9. The summed E-state index contributed by atoms with van der Waals surface area (Å²) in [5, 5.41) is 5.78. The molecule has 2 amide bonds. The first kappa shape index (κ1) is 16.6. The number of hydrogen-bond donors (Lipinski definition) is 2. The molecule has 0 saturated carbocycles.